The van der Waals surface area contributed by atoms with Crippen LogP contribution in [-0.4, -0.2) is 5.54 Å². The Balaban J connectivity index is 3.75. The Morgan fingerprint density at radius 1 is 1.42 bits per heavy atom. The lowest BCUT2D eigenvalue weighted by Gasteiger charge is -2.25. The maximum atomic E-state index is 4.02. The summed E-state index contributed by atoms with van der Waals surface area (Å²) in [7, 11) is 0. The summed E-state index contributed by atoms with van der Waals surface area (Å²) in [6.07, 6.45) is 2.32. The molecule has 0 aliphatic rings. The van der Waals surface area contributed by atoms with E-state index in [0.717, 1.165) is 18.0 Å². The van der Waals surface area contributed by atoms with Crippen LogP contribution in [0, 0.1) is 5.92 Å². The molecule has 0 saturated heterocycles. The van der Waals surface area contributed by atoms with Crippen LogP contribution in [0.1, 0.15) is 47.5 Å². The van der Waals surface area contributed by atoms with Crippen molar-refractivity contribution in [3.8, 4) is 0 Å². The Labute approximate surface area is 77.2 Å². The fraction of sp³-hybridized carbons (Fsp3) is 0.818. The van der Waals surface area contributed by atoms with Crippen LogP contribution in [0.3, 0.4) is 0 Å². The first-order valence-electron chi connectivity index (χ1n) is 4.81. The Hall–Kier alpha value is -0.460. The van der Waals surface area contributed by atoms with Gasteiger partial charge in [0.1, 0.15) is 0 Å². The standard InChI is InChI=1S/C11H23N/c1-7-9(2)8-10(3)12-11(4,5)6/h9,12H,3,7-8H2,1-2,4-6H3. The topological polar surface area (TPSA) is 12.0 Å². The zero-order valence-corrected chi connectivity index (χ0v) is 9.20. The van der Waals surface area contributed by atoms with Gasteiger partial charge in [0, 0.05) is 11.2 Å². The molecule has 0 fully saturated rings. The van der Waals surface area contributed by atoms with E-state index in [0.29, 0.717) is 0 Å². The molecule has 0 rings (SSSR count). The normalized spacial score (nSPS) is 14.1. The molecule has 1 unspecified atom stereocenters. The highest BCUT2D eigenvalue weighted by molar-refractivity contribution is 4.96. The SMILES string of the molecule is C=C(CC(C)CC)NC(C)(C)C. The van der Waals surface area contributed by atoms with Crippen molar-refractivity contribution in [3.05, 3.63) is 12.3 Å². The summed E-state index contributed by atoms with van der Waals surface area (Å²) in [6, 6.07) is 0. The molecule has 1 nitrogen and oxygen atoms in total. The van der Waals surface area contributed by atoms with E-state index in [1.54, 1.807) is 0 Å². The lowest BCUT2D eigenvalue weighted by atomic mass is 10.0. The second-order valence-corrected chi connectivity index (χ2v) is 4.70. The highest BCUT2D eigenvalue weighted by Crippen LogP contribution is 2.13. The fourth-order valence-corrected chi connectivity index (χ4v) is 1.15. The van der Waals surface area contributed by atoms with Crippen molar-refractivity contribution >= 4 is 0 Å². The van der Waals surface area contributed by atoms with E-state index in [2.05, 4.69) is 46.5 Å². The van der Waals surface area contributed by atoms with Gasteiger partial charge in [0.2, 0.25) is 0 Å². The molecule has 0 radical (unpaired) electrons. The minimum absolute atomic E-state index is 0.157. The number of rotatable bonds is 4. The molecule has 0 aliphatic carbocycles. The van der Waals surface area contributed by atoms with Crippen molar-refractivity contribution in [2.75, 3.05) is 0 Å². The van der Waals surface area contributed by atoms with Crippen LogP contribution in [0.25, 0.3) is 0 Å². The third-order valence-corrected chi connectivity index (χ3v) is 1.84. The molecule has 0 aromatic heterocycles. The van der Waals surface area contributed by atoms with Gasteiger partial charge in [-0.05, 0) is 33.1 Å². The van der Waals surface area contributed by atoms with Crippen molar-refractivity contribution in [2.45, 2.75) is 53.0 Å². The molecular weight excluding hydrogens is 146 g/mol. The van der Waals surface area contributed by atoms with E-state index in [1.807, 2.05) is 0 Å². The summed E-state index contributed by atoms with van der Waals surface area (Å²) in [5.41, 5.74) is 1.32. The lowest BCUT2D eigenvalue weighted by Crippen LogP contribution is -2.35. The first-order valence-corrected chi connectivity index (χ1v) is 4.81. The Morgan fingerprint density at radius 2 is 1.92 bits per heavy atom. The fourth-order valence-electron chi connectivity index (χ4n) is 1.15. The first-order chi connectivity index (χ1) is 5.35. The van der Waals surface area contributed by atoms with Gasteiger partial charge in [-0.25, -0.2) is 0 Å². The highest BCUT2D eigenvalue weighted by atomic mass is 15.0. The van der Waals surface area contributed by atoms with Gasteiger partial charge in [-0.2, -0.15) is 0 Å². The van der Waals surface area contributed by atoms with E-state index >= 15 is 0 Å². The van der Waals surface area contributed by atoms with Crippen LogP contribution < -0.4 is 5.32 Å². The molecule has 1 N–H and O–H groups in total. The summed E-state index contributed by atoms with van der Waals surface area (Å²) in [6.45, 7) is 15.0. The average molecular weight is 169 g/mol. The maximum Gasteiger partial charge on any atom is 0.0286 e. The third-order valence-electron chi connectivity index (χ3n) is 1.84. The summed E-state index contributed by atoms with van der Waals surface area (Å²) in [5, 5.41) is 3.39. The molecule has 12 heavy (non-hydrogen) atoms. The van der Waals surface area contributed by atoms with E-state index in [9.17, 15) is 0 Å². The van der Waals surface area contributed by atoms with Crippen LogP contribution in [0.5, 0.6) is 0 Å². The molecule has 0 aromatic carbocycles. The molecule has 0 amide bonds. The van der Waals surface area contributed by atoms with Gasteiger partial charge in [0.15, 0.2) is 0 Å². The van der Waals surface area contributed by atoms with Gasteiger partial charge in [-0.1, -0.05) is 26.8 Å². The van der Waals surface area contributed by atoms with Crippen molar-refractivity contribution < 1.29 is 0 Å². The van der Waals surface area contributed by atoms with Gasteiger partial charge in [0.25, 0.3) is 0 Å². The van der Waals surface area contributed by atoms with Crippen molar-refractivity contribution in [1.82, 2.24) is 5.32 Å². The van der Waals surface area contributed by atoms with Gasteiger partial charge >= 0.3 is 0 Å². The van der Waals surface area contributed by atoms with Crippen LogP contribution in [0.2, 0.25) is 0 Å². The highest BCUT2D eigenvalue weighted by Gasteiger charge is 2.10. The second kappa shape index (κ2) is 4.54. The summed E-state index contributed by atoms with van der Waals surface area (Å²) >= 11 is 0. The third kappa shape index (κ3) is 6.26. The molecule has 72 valence electrons. The molecular formula is C11H23N. The molecule has 0 bridgehead atoms. The van der Waals surface area contributed by atoms with Gasteiger partial charge in [0.05, 0.1) is 0 Å². The van der Waals surface area contributed by atoms with Gasteiger partial charge in [-0.15, -0.1) is 0 Å². The van der Waals surface area contributed by atoms with Crippen molar-refractivity contribution in [2.24, 2.45) is 5.92 Å². The van der Waals surface area contributed by atoms with E-state index < -0.39 is 0 Å². The Morgan fingerprint density at radius 3 is 2.25 bits per heavy atom. The molecule has 1 atom stereocenters. The van der Waals surface area contributed by atoms with Crippen molar-refractivity contribution in [1.29, 1.82) is 0 Å². The minimum atomic E-state index is 0.157. The molecule has 0 aromatic rings. The summed E-state index contributed by atoms with van der Waals surface area (Å²) in [4.78, 5) is 0. The van der Waals surface area contributed by atoms with Crippen LogP contribution in [0.15, 0.2) is 12.3 Å². The van der Waals surface area contributed by atoms with Crippen LogP contribution in [0.4, 0.5) is 0 Å². The number of allylic oxidation sites excluding steroid dienone is 1. The number of hydrogen-bond donors (Lipinski definition) is 1. The van der Waals surface area contributed by atoms with E-state index in [4.69, 9.17) is 0 Å². The molecule has 0 heterocycles. The quantitative estimate of drug-likeness (QED) is 0.680. The van der Waals surface area contributed by atoms with Crippen molar-refractivity contribution in [3.63, 3.8) is 0 Å². The number of nitrogens with one attached hydrogen (secondary N) is 1. The Kier molecular flexibility index (Phi) is 4.36. The van der Waals surface area contributed by atoms with E-state index in [-0.39, 0.29) is 5.54 Å². The predicted molar refractivity (Wildman–Crippen MR) is 56.1 cm³/mol. The Bertz CT molecular complexity index is 142. The zero-order chi connectivity index (χ0) is 9.78. The van der Waals surface area contributed by atoms with Crippen LogP contribution >= 0.6 is 0 Å². The first kappa shape index (κ1) is 11.5. The molecule has 0 saturated carbocycles. The zero-order valence-electron chi connectivity index (χ0n) is 9.20. The second-order valence-electron chi connectivity index (χ2n) is 4.70. The molecule has 1 heteroatoms. The number of hydrogen-bond acceptors (Lipinski definition) is 1. The smallest absolute Gasteiger partial charge is 0.0286 e. The van der Waals surface area contributed by atoms with Gasteiger partial charge < -0.3 is 5.32 Å². The molecule has 0 spiro atoms. The monoisotopic (exact) mass is 169 g/mol. The minimum Gasteiger partial charge on any atom is -0.384 e. The lowest BCUT2D eigenvalue weighted by molar-refractivity contribution is 0.439. The maximum absolute atomic E-state index is 4.02. The largest absolute Gasteiger partial charge is 0.384 e. The molecule has 0 aliphatic heterocycles. The summed E-state index contributed by atoms with van der Waals surface area (Å²) < 4.78 is 0. The predicted octanol–water partition coefficient (Wildman–Crippen LogP) is 3.32. The van der Waals surface area contributed by atoms with Gasteiger partial charge in [-0.3, -0.25) is 0 Å². The summed E-state index contributed by atoms with van der Waals surface area (Å²) in [5.74, 6) is 0.743. The van der Waals surface area contributed by atoms with E-state index in [1.165, 1.54) is 6.42 Å². The average Bonchev–Trinajstić information content (AvgIpc) is 1.82. The van der Waals surface area contributed by atoms with Crippen LogP contribution in [-0.2, 0) is 0 Å².